The second kappa shape index (κ2) is 12.6. The number of carbonyl (C=O) groups excluding carboxylic acids is 2. The Morgan fingerprint density at radius 3 is 2.60 bits per heavy atom. The van der Waals surface area contributed by atoms with Gasteiger partial charge in [0.1, 0.15) is 17.9 Å². The van der Waals surface area contributed by atoms with Crippen LogP contribution < -0.4 is 15.0 Å². The summed E-state index contributed by atoms with van der Waals surface area (Å²) < 4.78 is 6.05. The Kier molecular flexibility index (Phi) is 9.04. The maximum atomic E-state index is 12.8. The van der Waals surface area contributed by atoms with E-state index in [0.717, 1.165) is 16.6 Å². The summed E-state index contributed by atoms with van der Waals surface area (Å²) >= 11 is 13.1. The molecule has 0 radical (unpaired) electrons. The van der Waals surface area contributed by atoms with Crippen LogP contribution in [0.5, 0.6) is 5.75 Å². The van der Waals surface area contributed by atoms with Crippen molar-refractivity contribution in [3.05, 3.63) is 105 Å². The number of fused-ring (bicyclic) bond motifs is 1. The average Bonchev–Trinajstić information content (AvgIpc) is 2.94. The molecule has 40 heavy (non-hydrogen) atoms. The molecule has 2 amide bonds. The maximum absolute atomic E-state index is 12.8. The second-order valence-electron chi connectivity index (χ2n) is 8.86. The lowest BCUT2D eigenvalue weighted by atomic mass is 10.1. The number of rotatable bonds is 9. The van der Waals surface area contributed by atoms with Gasteiger partial charge in [-0.3, -0.25) is 9.59 Å². The molecule has 0 bridgehead atoms. The van der Waals surface area contributed by atoms with Crippen LogP contribution in [0.3, 0.4) is 0 Å². The van der Waals surface area contributed by atoms with Crippen molar-refractivity contribution in [2.24, 2.45) is 0 Å². The number of carboxylic acid groups (broad SMARTS) is 1. The third-order valence-electron chi connectivity index (χ3n) is 6.07. The molecule has 4 rings (SSSR count). The minimum absolute atomic E-state index is 0.0485. The monoisotopic (exact) mass is 577 g/mol. The Labute approximate surface area is 240 Å². The summed E-state index contributed by atoms with van der Waals surface area (Å²) in [4.78, 5) is 42.1. The number of carbonyl (C=O) groups is 3. The molecule has 10 heteroatoms. The lowest BCUT2D eigenvalue weighted by molar-refractivity contribution is -0.122. The number of aromatic nitrogens is 1. The minimum Gasteiger partial charge on any atom is -0.487 e. The van der Waals surface area contributed by atoms with E-state index in [9.17, 15) is 14.4 Å². The molecule has 0 atom stereocenters. The average molecular weight is 578 g/mol. The second-order valence-corrected chi connectivity index (χ2v) is 9.65. The minimum atomic E-state index is -1.07. The zero-order valence-corrected chi connectivity index (χ0v) is 23.2. The van der Waals surface area contributed by atoms with Gasteiger partial charge in [-0.05, 0) is 55.0 Å². The Morgan fingerprint density at radius 2 is 1.82 bits per heavy atom. The highest BCUT2D eigenvalue weighted by Crippen LogP contribution is 2.35. The van der Waals surface area contributed by atoms with Crippen molar-refractivity contribution in [3.8, 4) is 5.75 Å². The van der Waals surface area contributed by atoms with Gasteiger partial charge in [0.05, 0.1) is 22.8 Å². The first-order valence-electron chi connectivity index (χ1n) is 12.2. The first kappa shape index (κ1) is 28.6. The molecular formula is C30H25Cl2N3O5. The number of nitrogens with zero attached hydrogens (tertiary/aromatic N) is 2. The summed E-state index contributed by atoms with van der Waals surface area (Å²) in [6.07, 6.45) is 2.69. The molecule has 3 aromatic carbocycles. The van der Waals surface area contributed by atoms with E-state index < -0.39 is 17.8 Å². The van der Waals surface area contributed by atoms with Gasteiger partial charge in [0, 0.05) is 34.8 Å². The number of para-hydroxylation sites is 1. The smallest absolute Gasteiger partial charge is 0.335 e. The molecule has 0 fully saturated rings. The lowest BCUT2D eigenvalue weighted by Gasteiger charge is -2.21. The van der Waals surface area contributed by atoms with Gasteiger partial charge in [0.15, 0.2) is 0 Å². The van der Waals surface area contributed by atoms with Crippen LogP contribution in [0, 0.1) is 6.92 Å². The van der Waals surface area contributed by atoms with Gasteiger partial charge in [-0.2, -0.15) is 0 Å². The molecule has 0 spiro atoms. The van der Waals surface area contributed by atoms with Crippen molar-refractivity contribution in [2.45, 2.75) is 13.5 Å². The number of aryl methyl sites for hydroxylation is 1. The third kappa shape index (κ3) is 6.77. The van der Waals surface area contributed by atoms with Crippen LogP contribution in [0.2, 0.25) is 10.0 Å². The molecule has 1 heterocycles. The topological polar surface area (TPSA) is 109 Å². The Morgan fingerprint density at radius 1 is 1.05 bits per heavy atom. The standard InChI is InChI=1S/C30H25Cl2N3O5/c1-18-9-11-20-6-4-8-25(29(20)34-18)40-17-22-23(31)12-13-24(28(22)32)35(2)27(37)16-33-26(36)14-10-19-5-3-7-21(15-19)30(38)39/h3-15H,16-17H2,1-2H3,(H,33,36)(H,38,39)/b14-10+. The van der Waals surface area contributed by atoms with Crippen molar-refractivity contribution in [3.63, 3.8) is 0 Å². The van der Waals surface area contributed by atoms with Gasteiger partial charge >= 0.3 is 5.97 Å². The van der Waals surface area contributed by atoms with E-state index >= 15 is 0 Å². The van der Waals surface area contributed by atoms with Gasteiger partial charge in [-0.1, -0.05) is 53.5 Å². The number of benzene rings is 3. The van der Waals surface area contributed by atoms with Gasteiger partial charge in [-0.25, -0.2) is 9.78 Å². The van der Waals surface area contributed by atoms with Crippen LogP contribution in [0.15, 0.2) is 72.8 Å². The number of ether oxygens (including phenoxy) is 1. The number of aromatic carboxylic acids is 1. The molecule has 8 nitrogen and oxygen atoms in total. The molecule has 1 aromatic heterocycles. The molecule has 204 valence electrons. The number of carboxylic acids is 1. The number of hydrogen-bond donors (Lipinski definition) is 2. The molecule has 0 saturated carbocycles. The van der Waals surface area contributed by atoms with Crippen molar-refractivity contribution >= 4 is 63.7 Å². The molecule has 0 aliphatic heterocycles. The van der Waals surface area contributed by atoms with E-state index in [1.54, 1.807) is 31.3 Å². The highest BCUT2D eigenvalue weighted by molar-refractivity contribution is 6.38. The van der Waals surface area contributed by atoms with Crippen molar-refractivity contribution in [1.29, 1.82) is 0 Å². The van der Waals surface area contributed by atoms with Crippen molar-refractivity contribution in [1.82, 2.24) is 10.3 Å². The molecular weight excluding hydrogens is 553 g/mol. The molecule has 4 aromatic rings. The van der Waals surface area contributed by atoms with Gasteiger partial charge in [-0.15, -0.1) is 0 Å². The lowest BCUT2D eigenvalue weighted by Crippen LogP contribution is -2.37. The van der Waals surface area contributed by atoms with E-state index in [2.05, 4.69) is 10.3 Å². The van der Waals surface area contributed by atoms with Crippen LogP contribution in [0.4, 0.5) is 5.69 Å². The number of nitrogens with one attached hydrogen (secondary N) is 1. The van der Waals surface area contributed by atoms with E-state index in [1.807, 2.05) is 37.3 Å². The Balaban J connectivity index is 1.41. The number of pyridine rings is 1. The number of anilines is 1. The number of halogens is 2. The number of hydrogen-bond acceptors (Lipinski definition) is 5. The van der Waals surface area contributed by atoms with Crippen LogP contribution in [0.1, 0.15) is 27.2 Å². The van der Waals surface area contributed by atoms with Crippen molar-refractivity contribution in [2.75, 3.05) is 18.5 Å². The maximum Gasteiger partial charge on any atom is 0.335 e. The van der Waals surface area contributed by atoms with E-state index in [0.29, 0.717) is 27.6 Å². The van der Waals surface area contributed by atoms with Crippen LogP contribution in [-0.4, -0.2) is 41.5 Å². The molecule has 0 aliphatic carbocycles. The van der Waals surface area contributed by atoms with Crippen LogP contribution in [-0.2, 0) is 16.2 Å². The van der Waals surface area contributed by atoms with Crippen LogP contribution in [0.25, 0.3) is 17.0 Å². The summed E-state index contributed by atoms with van der Waals surface area (Å²) in [6, 6.07) is 18.9. The number of amides is 2. The summed E-state index contributed by atoms with van der Waals surface area (Å²) in [5.41, 5.74) is 3.12. The SMILES string of the molecule is Cc1ccc2cccc(OCc3c(Cl)ccc(N(C)C(=O)CNC(=O)/C=C/c4cccc(C(=O)O)c4)c3Cl)c2n1. The van der Waals surface area contributed by atoms with Gasteiger partial charge < -0.3 is 20.1 Å². The third-order valence-corrected chi connectivity index (χ3v) is 6.85. The fraction of sp³-hybridized carbons (Fsp3) is 0.133. The normalized spacial score (nSPS) is 11.0. The largest absolute Gasteiger partial charge is 0.487 e. The van der Waals surface area contributed by atoms with E-state index in [4.69, 9.17) is 33.0 Å². The molecule has 0 unspecified atom stereocenters. The highest BCUT2D eigenvalue weighted by atomic mass is 35.5. The molecule has 0 aliphatic rings. The fourth-order valence-corrected chi connectivity index (χ4v) is 4.49. The first-order chi connectivity index (χ1) is 19.1. The van der Waals surface area contributed by atoms with Gasteiger partial charge in [0.25, 0.3) is 0 Å². The van der Waals surface area contributed by atoms with Crippen LogP contribution >= 0.6 is 23.2 Å². The van der Waals surface area contributed by atoms with E-state index in [1.165, 1.54) is 29.2 Å². The summed E-state index contributed by atoms with van der Waals surface area (Å²) in [7, 11) is 1.54. The Hall–Kier alpha value is -4.40. The van der Waals surface area contributed by atoms with Crippen molar-refractivity contribution < 1.29 is 24.2 Å². The summed E-state index contributed by atoms with van der Waals surface area (Å²) in [5.74, 6) is -1.42. The first-order valence-corrected chi connectivity index (χ1v) is 12.9. The predicted octanol–water partition coefficient (Wildman–Crippen LogP) is 5.92. The Bertz CT molecular complexity index is 1640. The molecule has 2 N–H and O–H groups in total. The zero-order chi connectivity index (χ0) is 28.8. The van der Waals surface area contributed by atoms with Gasteiger partial charge in [0.2, 0.25) is 11.8 Å². The summed E-state index contributed by atoms with van der Waals surface area (Å²) in [5, 5.41) is 13.2. The quantitative estimate of drug-likeness (QED) is 0.239. The number of likely N-dealkylation sites (N-methyl/N-ethyl adjacent to an activating group) is 1. The zero-order valence-electron chi connectivity index (χ0n) is 21.7. The summed E-state index contributed by atoms with van der Waals surface area (Å²) in [6.45, 7) is 1.66. The fourth-order valence-electron chi connectivity index (χ4n) is 3.88. The predicted molar refractivity (Wildman–Crippen MR) is 156 cm³/mol. The molecule has 0 saturated heterocycles. The van der Waals surface area contributed by atoms with E-state index in [-0.39, 0.29) is 23.7 Å². The highest BCUT2D eigenvalue weighted by Gasteiger charge is 2.19.